The second kappa shape index (κ2) is 5.28. The van der Waals surface area contributed by atoms with Crippen LogP contribution in [0.2, 0.25) is 0 Å². The van der Waals surface area contributed by atoms with Crippen LogP contribution in [0.4, 0.5) is 16.2 Å². The molecule has 2 rings (SSSR count). The summed E-state index contributed by atoms with van der Waals surface area (Å²) in [4.78, 5) is 37.1. The van der Waals surface area contributed by atoms with E-state index in [2.05, 4.69) is 0 Å². The minimum Gasteiger partial charge on any atom is -0.323 e. The van der Waals surface area contributed by atoms with Gasteiger partial charge in [0.25, 0.3) is 5.69 Å². The van der Waals surface area contributed by atoms with Crippen molar-refractivity contribution in [3.05, 3.63) is 34.4 Å². The number of nitro benzene ring substituents is 1. The fourth-order valence-electron chi connectivity index (χ4n) is 2.17. The van der Waals surface area contributed by atoms with E-state index in [-0.39, 0.29) is 23.5 Å². The zero-order chi connectivity index (χ0) is 14.9. The number of benzene rings is 1. The Morgan fingerprint density at radius 3 is 2.40 bits per heavy atom. The van der Waals surface area contributed by atoms with Gasteiger partial charge in [-0.15, -0.1) is 0 Å². The van der Waals surface area contributed by atoms with Crippen LogP contribution in [0.5, 0.6) is 0 Å². The molecule has 0 radical (unpaired) electrons. The zero-order valence-corrected chi connectivity index (χ0v) is 11.3. The Morgan fingerprint density at radius 2 is 1.90 bits per heavy atom. The van der Waals surface area contributed by atoms with Gasteiger partial charge in [-0.1, -0.05) is 6.92 Å². The molecule has 0 bridgehead atoms. The number of carbonyl (C=O) groups excluding carboxylic acids is 2. The Morgan fingerprint density at radius 1 is 1.30 bits per heavy atom. The van der Waals surface area contributed by atoms with E-state index in [9.17, 15) is 19.7 Å². The van der Waals surface area contributed by atoms with Crippen molar-refractivity contribution in [2.75, 3.05) is 18.0 Å². The van der Waals surface area contributed by atoms with Crippen molar-refractivity contribution in [3.8, 4) is 0 Å². The molecule has 1 aromatic rings. The quantitative estimate of drug-likeness (QED) is 0.625. The molecule has 0 aromatic heterocycles. The Hall–Kier alpha value is -2.44. The van der Waals surface area contributed by atoms with E-state index in [4.69, 9.17) is 0 Å². The maximum Gasteiger partial charge on any atom is 0.331 e. The van der Waals surface area contributed by atoms with Gasteiger partial charge in [0.1, 0.15) is 0 Å². The second-order valence-corrected chi connectivity index (χ2v) is 4.67. The predicted octanol–water partition coefficient (Wildman–Crippen LogP) is 2.02. The second-order valence-electron chi connectivity index (χ2n) is 4.67. The summed E-state index contributed by atoms with van der Waals surface area (Å²) >= 11 is 0. The first kappa shape index (κ1) is 14.0. The van der Waals surface area contributed by atoms with Gasteiger partial charge in [0.15, 0.2) is 0 Å². The van der Waals surface area contributed by atoms with E-state index in [0.29, 0.717) is 18.8 Å². The number of amides is 3. The van der Waals surface area contributed by atoms with Gasteiger partial charge >= 0.3 is 6.03 Å². The molecule has 0 aliphatic carbocycles. The Bertz CT molecular complexity index is 555. The molecule has 1 aromatic carbocycles. The van der Waals surface area contributed by atoms with Crippen LogP contribution in [0.25, 0.3) is 0 Å². The highest BCUT2D eigenvalue weighted by molar-refractivity contribution is 6.16. The molecule has 0 spiro atoms. The van der Waals surface area contributed by atoms with Gasteiger partial charge in [-0.25, -0.2) is 9.69 Å². The minimum absolute atomic E-state index is 0.0777. The number of rotatable bonds is 3. The van der Waals surface area contributed by atoms with Gasteiger partial charge in [0, 0.05) is 25.2 Å². The molecule has 1 aliphatic rings. The summed E-state index contributed by atoms with van der Waals surface area (Å²) in [6.45, 7) is 4.52. The van der Waals surface area contributed by atoms with Crippen molar-refractivity contribution in [3.63, 3.8) is 0 Å². The first-order valence-corrected chi connectivity index (χ1v) is 6.33. The first-order chi connectivity index (χ1) is 9.45. The van der Waals surface area contributed by atoms with Crippen LogP contribution in [0, 0.1) is 16.0 Å². The van der Waals surface area contributed by atoms with Crippen LogP contribution in [0.1, 0.15) is 13.8 Å². The molecule has 1 unspecified atom stereocenters. The molecule has 1 saturated heterocycles. The molecule has 1 atom stereocenters. The summed E-state index contributed by atoms with van der Waals surface area (Å²) in [5.41, 5.74) is 0.279. The monoisotopic (exact) mass is 277 g/mol. The fraction of sp³-hybridized carbons (Fsp3) is 0.385. The largest absolute Gasteiger partial charge is 0.331 e. The summed E-state index contributed by atoms with van der Waals surface area (Å²) in [5, 5.41) is 10.6. The topological polar surface area (TPSA) is 83.8 Å². The van der Waals surface area contributed by atoms with Crippen molar-refractivity contribution in [1.82, 2.24) is 4.90 Å². The SMILES string of the molecule is CCN1CC(C)C(=O)N(c2ccc([N+](=O)[O-])cc2)C1=O. The molecule has 1 heterocycles. The number of hydrogen-bond donors (Lipinski definition) is 0. The number of anilines is 1. The molecule has 7 nitrogen and oxygen atoms in total. The molecule has 1 fully saturated rings. The Kier molecular flexibility index (Phi) is 3.69. The number of nitro groups is 1. The van der Waals surface area contributed by atoms with Crippen molar-refractivity contribution in [1.29, 1.82) is 0 Å². The number of non-ortho nitro benzene ring substituents is 1. The van der Waals surface area contributed by atoms with E-state index in [1.165, 1.54) is 24.3 Å². The molecule has 20 heavy (non-hydrogen) atoms. The average Bonchev–Trinajstić information content (AvgIpc) is 2.43. The van der Waals surface area contributed by atoms with Gasteiger partial charge in [0.05, 0.1) is 16.5 Å². The summed E-state index contributed by atoms with van der Waals surface area (Å²) in [6.07, 6.45) is 0. The van der Waals surface area contributed by atoms with Crippen molar-refractivity contribution < 1.29 is 14.5 Å². The standard InChI is InChI=1S/C13H15N3O4/c1-3-14-8-9(2)12(17)15(13(14)18)10-4-6-11(7-5-10)16(19)20/h4-7,9H,3,8H2,1-2H3. The van der Waals surface area contributed by atoms with Crippen molar-refractivity contribution in [2.45, 2.75) is 13.8 Å². The summed E-state index contributed by atoms with van der Waals surface area (Å²) in [5.74, 6) is -0.573. The average molecular weight is 277 g/mol. The molecule has 0 saturated carbocycles. The molecule has 0 N–H and O–H groups in total. The number of carbonyl (C=O) groups is 2. The molecule has 3 amide bonds. The Balaban J connectivity index is 2.35. The zero-order valence-electron chi connectivity index (χ0n) is 11.3. The highest BCUT2D eigenvalue weighted by Crippen LogP contribution is 2.25. The van der Waals surface area contributed by atoms with Gasteiger partial charge < -0.3 is 4.90 Å². The van der Waals surface area contributed by atoms with E-state index in [1.807, 2.05) is 6.92 Å². The van der Waals surface area contributed by atoms with Crippen LogP contribution >= 0.6 is 0 Å². The normalized spacial score (nSPS) is 19.4. The first-order valence-electron chi connectivity index (χ1n) is 6.33. The third-order valence-electron chi connectivity index (χ3n) is 3.30. The van der Waals surface area contributed by atoms with Crippen molar-refractivity contribution >= 4 is 23.3 Å². The molecular formula is C13H15N3O4. The number of nitrogens with zero attached hydrogens (tertiary/aromatic N) is 3. The van der Waals surface area contributed by atoms with E-state index in [0.717, 1.165) is 4.90 Å². The Labute approximate surface area is 115 Å². The lowest BCUT2D eigenvalue weighted by molar-refractivity contribution is -0.384. The van der Waals surface area contributed by atoms with E-state index < -0.39 is 4.92 Å². The molecule has 1 aliphatic heterocycles. The lowest BCUT2D eigenvalue weighted by Crippen LogP contribution is -2.56. The number of imide groups is 1. The van der Waals surface area contributed by atoms with Gasteiger partial charge in [-0.3, -0.25) is 14.9 Å². The van der Waals surface area contributed by atoms with Crippen LogP contribution in [-0.4, -0.2) is 34.9 Å². The minimum atomic E-state index is -0.523. The van der Waals surface area contributed by atoms with Gasteiger partial charge in [-0.2, -0.15) is 0 Å². The van der Waals surface area contributed by atoms with Crippen LogP contribution < -0.4 is 4.90 Å². The highest BCUT2D eigenvalue weighted by Gasteiger charge is 2.37. The smallest absolute Gasteiger partial charge is 0.323 e. The fourth-order valence-corrected chi connectivity index (χ4v) is 2.17. The van der Waals surface area contributed by atoms with Crippen LogP contribution in [0.3, 0.4) is 0 Å². The third kappa shape index (κ3) is 2.34. The number of urea groups is 1. The maximum absolute atomic E-state index is 12.2. The molecule has 106 valence electrons. The summed E-state index contributed by atoms with van der Waals surface area (Å²) < 4.78 is 0. The van der Waals surface area contributed by atoms with Gasteiger partial charge in [-0.05, 0) is 19.1 Å². The van der Waals surface area contributed by atoms with Gasteiger partial charge in [0.2, 0.25) is 5.91 Å². The van der Waals surface area contributed by atoms with Crippen LogP contribution in [-0.2, 0) is 4.79 Å². The number of hydrogen-bond acceptors (Lipinski definition) is 4. The summed E-state index contributed by atoms with van der Waals surface area (Å²) in [7, 11) is 0. The lowest BCUT2D eigenvalue weighted by atomic mass is 10.1. The molecule has 7 heteroatoms. The van der Waals surface area contributed by atoms with E-state index in [1.54, 1.807) is 11.8 Å². The maximum atomic E-state index is 12.2. The third-order valence-corrected chi connectivity index (χ3v) is 3.30. The summed E-state index contributed by atoms with van der Waals surface area (Å²) in [6, 6.07) is 5.01. The van der Waals surface area contributed by atoms with E-state index >= 15 is 0 Å². The van der Waals surface area contributed by atoms with Crippen molar-refractivity contribution in [2.24, 2.45) is 5.92 Å². The highest BCUT2D eigenvalue weighted by atomic mass is 16.6. The molecular weight excluding hydrogens is 262 g/mol. The van der Waals surface area contributed by atoms with Crippen LogP contribution in [0.15, 0.2) is 24.3 Å². The lowest BCUT2D eigenvalue weighted by Gasteiger charge is -2.36. The predicted molar refractivity (Wildman–Crippen MR) is 72.4 cm³/mol.